The molecule has 0 N–H and O–H groups in total. The highest BCUT2D eigenvalue weighted by molar-refractivity contribution is 6.04. The van der Waals surface area contributed by atoms with Gasteiger partial charge in [-0.05, 0) is 30.3 Å². The lowest BCUT2D eigenvalue weighted by Gasteiger charge is -2.11. The van der Waals surface area contributed by atoms with E-state index in [1.807, 2.05) is 72.8 Å². The van der Waals surface area contributed by atoms with Crippen LogP contribution in [0.25, 0.3) is 78.0 Å². The van der Waals surface area contributed by atoms with Crippen molar-refractivity contribution in [1.82, 2.24) is 24.9 Å². The van der Waals surface area contributed by atoms with E-state index in [0.717, 1.165) is 72.2 Å². The van der Waals surface area contributed by atoms with Gasteiger partial charge >= 0.3 is 0 Å². The van der Waals surface area contributed by atoms with Gasteiger partial charge in [0, 0.05) is 39.0 Å². The van der Waals surface area contributed by atoms with E-state index in [4.69, 9.17) is 19.9 Å². The zero-order valence-corrected chi connectivity index (χ0v) is 22.5. The van der Waals surface area contributed by atoms with Gasteiger partial charge in [-0.3, -0.25) is 4.98 Å². The van der Waals surface area contributed by atoms with Crippen LogP contribution in [0.4, 0.5) is 0 Å². The number of hydrogen-bond acceptors (Lipinski definition) is 5. The number of pyridine rings is 3. The van der Waals surface area contributed by atoms with Crippen molar-refractivity contribution in [2.75, 3.05) is 0 Å². The predicted octanol–water partition coefficient (Wildman–Crippen LogP) is 8.79. The summed E-state index contributed by atoms with van der Waals surface area (Å²) in [6, 6.07) is 45.1. The Morgan fingerprint density at radius 2 is 1.02 bits per heavy atom. The minimum atomic E-state index is 0.717. The second-order valence-electron chi connectivity index (χ2n) is 10.2. The maximum atomic E-state index is 5.11. The van der Waals surface area contributed by atoms with Gasteiger partial charge in [0.1, 0.15) is 0 Å². The van der Waals surface area contributed by atoms with Gasteiger partial charge < -0.3 is 0 Å². The molecule has 0 atom stereocenters. The monoisotopic (exact) mass is 537 g/mol. The van der Waals surface area contributed by atoms with Crippen molar-refractivity contribution in [2.45, 2.75) is 0 Å². The second-order valence-corrected chi connectivity index (χ2v) is 10.2. The lowest BCUT2D eigenvalue weighted by atomic mass is 10.0. The molecule has 5 nitrogen and oxygen atoms in total. The van der Waals surface area contributed by atoms with Crippen LogP contribution < -0.4 is 0 Å². The average molecular weight is 538 g/mol. The third-order valence-corrected chi connectivity index (χ3v) is 7.54. The molecule has 5 heteroatoms. The van der Waals surface area contributed by atoms with E-state index < -0.39 is 0 Å². The van der Waals surface area contributed by atoms with Gasteiger partial charge in [0.2, 0.25) is 0 Å². The Bertz CT molecular complexity index is 2230. The van der Waals surface area contributed by atoms with E-state index in [1.54, 1.807) is 6.20 Å². The normalized spacial score (nSPS) is 11.3. The van der Waals surface area contributed by atoms with Gasteiger partial charge in [-0.2, -0.15) is 0 Å². The van der Waals surface area contributed by atoms with Crippen LogP contribution in [0.1, 0.15) is 0 Å². The van der Waals surface area contributed by atoms with Crippen molar-refractivity contribution in [3.8, 4) is 45.3 Å². The number of rotatable bonds is 4. The summed E-state index contributed by atoms with van der Waals surface area (Å²) >= 11 is 0. The summed E-state index contributed by atoms with van der Waals surface area (Å²) in [5.41, 5.74) is 9.20. The van der Waals surface area contributed by atoms with E-state index in [1.165, 1.54) is 0 Å². The predicted molar refractivity (Wildman–Crippen MR) is 170 cm³/mol. The third-order valence-electron chi connectivity index (χ3n) is 7.54. The topological polar surface area (TPSA) is 64.5 Å². The number of benzene rings is 4. The van der Waals surface area contributed by atoms with Crippen molar-refractivity contribution >= 4 is 32.7 Å². The quantitative estimate of drug-likeness (QED) is 0.210. The van der Waals surface area contributed by atoms with E-state index in [2.05, 4.69) is 65.6 Å². The molecule has 0 saturated heterocycles. The number of para-hydroxylation sites is 1. The van der Waals surface area contributed by atoms with Crippen LogP contribution in [0, 0.1) is 0 Å². The summed E-state index contributed by atoms with van der Waals surface area (Å²) in [7, 11) is 0. The first-order valence-corrected chi connectivity index (χ1v) is 13.9. The maximum Gasteiger partial charge on any atom is 0.160 e. The Kier molecular flexibility index (Phi) is 5.71. The highest BCUT2D eigenvalue weighted by atomic mass is 14.9. The van der Waals surface area contributed by atoms with Crippen LogP contribution in [0.15, 0.2) is 140 Å². The molecular formula is C37H23N5. The number of aromatic nitrogens is 5. The first kappa shape index (κ1) is 24.0. The van der Waals surface area contributed by atoms with Gasteiger partial charge in [-0.1, -0.05) is 103 Å². The fourth-order valence-corrected chi connectivity index (χ4v) is 5.40. The van der Waals surface area contributed by atoms with Gasteiger partial charge in [0.25, 0.3) is 0 Å². The standard InChI is InChI=1S/C37H23N5/c1-2-8-28(9-3-1)37-41-31-11-5-4-10-29(31)34(42-37)25-15-13-24(14-16-25)30-21-19-26-17-18-27-20-22-33(32-12-6-7-23-38-32)40-36(27)35(26)39-30/h1-23H. The molecule has 4 heterocycles. The molecule has 8 aromatic rings. The van der Waals surface area contributed by atoms with Gasteiger partial charge in [-0.25, -0.2) is 19.9 Å². The number of nitrogens with zero attached hydrogens (tertiary/aromatic N) is 5. The van der Waals surface area contributed by atoms with E-state index in [9.17, 15) is 0 Å². The van der Waals surface area contributed by atoms with E-state index >= 15 is 0 Å². The number of fused-ring (bicyclic) bond motifs is 4. The van der Waals surface area contributed by atoms with E-state index in [0.29, 0.717) is 5.82 Å². The minimum absolute atomic E-state index is 0.717. The van der Waals surface area contributed by atoms with Crippen molar-refractivity contribution in [3.05, 3.63) is 140 Å². The molecule has 0 aliphatic rings. The molecule has 0 radical (unpaired) electrons. The lowest BCUT2D eigenvalue weighted by Crippen LogP contribution is -1.95. The second kappa shape index (κ2) is 9.98. The van der Waals surface area contributed by atoms with Gasteiger partial charge in [0.05, 0.1) is 39.3 Å². The van der Waals surface area contributed by atoms with Crippen LogP contribution >= 0.6 is 0 Å². The molecule has 0 unspecified atom stereocenters. The van der Waals surface area contributed by atoms with Crippen molar-refractivity contribution < 1.29 is 0 Å². The van der Waals surface area contributed by atoms with Gasteiger partial charge in [-0.15, -0.1) is 0 Å². The molecule has 0 aliphatic heterocycles. The molecule has 0 saturated carbocycles. The molecule has 0 aliphatic carbocycles. The summed E-state index contributed by atoms with van der Waals surface area (Å²) in [6.07, 6.45) is 1.79. The first-order chi connectivity index (χ1) is 20.8. The Morgan fingerprint density at radius 1 is 0.381 bits per heavy atom. The lowest BCUT2D eigenvalue weighted by molar-refractivity contribution is 1.23. The van der Waals surface area contributed by atoms with Crippen LogP contribution in [0.2, 0.25) is 0 Å². The highest BCUT2D eigenvalue weighted by Gasteiger charge is 2.13. The molecule has 0 bridgehead atoms. The Balaban J connectivity index is 1.22. The summed E-state index contributed by atoms with van der Waals surface area (Å²) in [4.78, 5) is 24.4. The molecule has 4 aromatic heterocycles. The Hall–Kier alpha value is -5.81. The third kappa shape index (κ3) is 4.25. The largest absolute Gasteiger partial charge is 0.255 e. The Morgan fingerprint density at radius 3 is 1.79 bits per heavy atom. The van der Waals surface area contributed by atoms with Gasteiger partial charge in [0.15, 0.2) is 5.82 Å². The summed E-state index contributed by atoms with van der Waals surface area (Å²) in [5, 5.41) is 3.12. The fraction of sp³-hybridized carbons (Fsp3) is 0. The molecule has 42 heavy (non-hydrogen) atoms. The zero-order chi connectivity index (χ0) is 27.9. The summed E-state index contributed by atoms with van der Waals surface area (Å²) < 4.78 is 0. The summed E-state index contributed by atoms with van der Waals surface area (Å²) in [5.74, 6) is 0.717. The minimum Gasteiger partial charge on any atom is -0.255 e. The molecule has 0 fully saturated rings. The first-order valence-electron chi connectivity index (χ1n) is 13.9. The fourth-order valence-electron chi connectivity index (χ4n) is 5.40. The van der Waals surface area contributed by atoms with Crippen LogP contribution in [-0.2, 0) is 0 Å². The smallest absolute Gasteiger partial charge is 0.160 e. The van der Waals surface area contributed by atoms with Crippen molar-refractivity contribution in [2.24, 2.45) is 0 Å². The SMILES string of the molecule is c1ccc(-c2nc(-c3ccc(-c4ccc5ccc6ccc(-c7ccccn7)nc6c5n4)cc3)c3ccccc3n2)cc1. The van der Waals surface area contributed by atoms with Crippen LogP contribution in [0.5, 0.6) is 0 Å². The number of hydrogen-bond donors (Lipinski definition) is 0. The maximum absolute atomic E-state index is 5.11. The average Bonchev–Trinajstić information content (AvgIpc) is 3.08. The summed E-state index contributed by atoms with van der Waals surface area (Å²) in [6.45, 7) is 0. The molecule has 196 valence electrons. The molecule has 8 rings (SSSR count). The van der Waals surface area contributed by atoms with E-state index in [-0.39, 0.29) is 0 Å². The highest BCUT2D eigenvalue weighted by Crippen LogP contribution is 2.32. The van der Waals surface area contributed by atoms with Crippen LogP contribution in [-0.4, -0.2) is 24.9 Å². The molecule has 4 aromatic carbocycles. The van der Waals surface area contributed by atoms with Crippen molar-refractivity contribution in [3.63, 3.8) is 0 Å². The van der Waals surface area contributed by atoms with Crippen LogP contribution in [0.3, 0.4) is 0 Å². The van der Waals surface area contributed by atoms with Crippen molar-refractivity contribution in [1.29, 1.82) is 0 Å². The zero-order valence-electron chi connectivity index (χ0n) is 22.5. The molecule has 0 amide bonds. The molecule has 0 spiro atoms. The molecular weight excluding hydrogens is 514 g/mol. The Labute approximate surface area is 242 Å².